The molecule has 4 nitrogen and oxygen atoms in total. The second kappa shape index (κ2) is 5.71. The van der Waals surface area contributed by atoms with Crippen molar-refractivity contribution >= 4 is 17.2 Å². The van der Waals surface area contributed by atoms with Crippen LogP contribution in [0.15, 0.2) is 11.4 Å². The fraction of sp³-hybridized carbons (Fsp3) is 0.615. The van der Waals surface area contributed by atoms with E-state index >= 15 is 0 Å². The summed E-state index contributed by atoms with van der Waals surface area (Å²) >= 11 is 1.44. The molecule has 2 heterocycles. The first-order valence-electron chi connectivity index (χ1n) is 6.33. The molecule has 0 aliphatic carbocycles. The third-order valence-electron chi connectivity index (χ3n) is 3.63. The van der Waals surface area contributed by atoms with Crippen molar-refractivity contribution in [2.45, 2.75) is 25.8 Å². The molecule has 1 saturated heterocycles. The molecular formula is C13H20N2O2S. The average Bonchev–Trinajstić information content (AvgIpc) is 2.87. The number of likely N-dealkylation sites (tertiary alicyclic amines) is 1. The van der Waals surface area contributed by atoms with Gasteiger partial charge in [0, 0.05) is 30.6 Å². The molecule has 100 valence electrons. The Morgan fingerprint density at radius 1 is 1.67 bits per heavy atom. The van der Waals surface area contributed by atoms with E-state index in [4.69, 9.17) is 10.5 Å². The Morgan fingerprint density at radius 2 is 2.44 bits per heavy atom. The summed E-state index contributed by atoms with van der Waals surface area (Å²) in [6.45, 7) is 3.67. The molecule has 1 aromatic rings. The number of carbonyl (C=O) groups is 1. The number of ether oxygens (including phenoxy) is 1. The van der Waals surface area contributed by atoms with E-state index in [1.165, 1.54) is 11.3 Å². The lowest BCUT2D eigenvalue weighted by atomic mass is 9.90. The summed E-state index contributed by atoms with van der Waals surface area (Å²) in [4.78, 5) is 15.0. The molecular weight excluding hydrogens is 248 g/mol. The van der Waals surface area contributed by atoms with Crippen LogP contribution in [-0.2, 0) is 0 Å². The largest absolute Gasteiger partial charge is 0.496 e. The first-order valence-corrected chi connectivity index (χ1v) is 7.21. The zero-order valence-electron chi connectivity index (χ0n) is 10.9. The van der Waals surface area contributed by atoms with Crippen LogP contribution >= 0.6 is 11.3 Å². The number of thiophene rings is 1. The van der Waals surface area contributed by atoms with Gasteiger partial charge in [0.1, 0.15) is 5.75 Å². The summed E-state index contributed by atoms with van der Waals surface area (Å²) in [6, 6.07) is 2.04. The highest BCUT2D eigenvalue weighted by atomic mass is 32.1. The highest BCUT2D eigenvalue weighted by Gasteiger charge is 2.29. The third-order valence-corrected chi connectivity index (χ3v) is 4.52. The molecule has 0 radical (unpaired) electrons. The number of hydrogen-bond donors (Lipinski definition) is 1. The molecule has 1 amide bonds. The smallest absolute Gasteiger partial charge is 0.264 e. The molecule has 0 aromatic carbocycles. The van der Waals surface area contributed by atoms with Gasteiger partial charge in [-0.25, -0.2) is 0 Å². The van der Waals surface area contributed by atoms with E-state index in [0.717, 1.165) is 36.6 Å². The van der Waals surface area contributed by atoms with Crippen molar-refractivity contribution in [3.05, 3.63) is 16.3 Å². The molecule has 2 N–H and O–H groups in total. The predicted octanol–water partition coefficient (Wildman–Crippen LogP) is 1.96. The van der Waals surface area contributed by atoms with E-state index in [1.54, 1.807) is 7.11 Å². The minimum Gasteiger partial charge on any atom is -0.496 e. The topological polar surface area (TPSA) is 55.6 Å². The quantitative estimate of drug-likeness (QED) is 0.911. The van der Waals surface area contributed by atoms with E-state index in [0.29, 0.717) is 5.92 Å². The molecule has 18 heavy (non-hydrogen) atoms. The first kappa shape index (κ1) is 13.4. The number of amides is 1. The van der Waals surface area contributed by atoms with Crippen molar-refractivity contribution in [1.29, 1.82) is 0 Å². The summed E-state index contributed by atoms with van der Waals surface area (Å²) < 4.78 is 5.11. The maximum absolute atomic E-state index is 12.3. The number of nitrogens with zero attached hydrogens (tertiary/aromatic N) is 1. The molecule has 1 aromatic heterocycles. The fourth-order valence-corrected chi connectivity index (χ4v) is 3.18. The number of methoxy groups -OCH3 is 1. The van der Waals surface area contributed by atoms with Gasteiger partial charge in [0.2, 0.25) is 0 Å². The SMILES string of the molecule is CCC1CN(C(=O)c2cc(OC)cs2)CCC1N. The molecule has 0 bridgehead atoms. The van der Waals surface area contributed by atoms with Crippen molar-refractivity contribution in [2.75, 3.05) is 20.2 Å². The van der Waals surface area contributed by atoms with Crippen LogP contribution in [0, 0.1) is 5.92 Å². The average molecular weight is 268 g/mol. The molecule has 1 aliphatic heterocycles. The molecule has 0 saturated carbocycles. The normalized spacial score (nSPS) is 24.1. The summed E-state index contributed by atoms with van der Waals surface area (Å²) in [5.41, 5.74) is 6.06. The van der Waals surface area contributed by atoms with Crippen molar-refractivity contribution in [2.24, 2.45) is 11.7 Å². The van der Waals surface area contributed by atoms with Gasteiger partial charge in [-0.05, 0) is 12.3 Å². The van der Waals surface area contributed by atoms with Gasteiger partial charge in [-0.3, -0.25) is 4.79 Å². The van der Waals surface area contributed by atoms with E-state index in [-0.39, 0.29) is 11.9 Å². The molecule has 2 rings (SSSR count). The van der Waals surface area contributed by atoms with Crippen LogP contribution in [0.5, 0.6) is 5.75 Å². The molecule has 1 aliphatic rings. The third kappa shape index (κ3) is 2.67. The Balaban J connectivity index is 2.05. The Labute approximate surface area is 112 Å². The number of piperidine rings is 1. The highest BCUT2D eigenvalue weighted by molar-refractivity contribution is 7.12. The summed E-state index contributed by atoms with van der Waals surface area (Å²) in [5.74, 6) is 1.28. The zero-order valence-corrected chi connectivity index (χ0v) is 11.7. The summed E-state index contributed by atoms with van der Waals surface area (Å²) in [6.07, 6.45) is 1.92. The van der Waals surface area contributed by atoms with Gasteiger partial charge in [0.15, 0.2) is 0 Å². The minimum atomic E-state index is 0.105. The zero-order chi connectivity index (χ0) is 13.1. The van der Waals surface area contributed by atoms with Crippen molar-refractivity contribution in [1.82, 2.24) is 4.90 Å². The van der Waals surface area contributed by atoms with Crippen molar-refractivity contribution < 1.29 is 9.53 Å². The van der Waals surface area contributed by atoms with Gasteiger partial charge >= 0.3 is 0 Å². The lowest BCUT2D eigenvalue weighted by Crippen LogP contribution is -2.48. The fourth-order valence-electron chi connectivity index (χ4n) is 2.36. The van der Waals surface area contributed by atoms with Gasteiger partial charge in [-0.2, -0.15) is 0 Å². The molecule has 1 fully saturated rings. The van der Waals surface area contributed by atoms with Crippen LogP contribution in [-0.4, -0.2) is 37.0 Å². The van der Waals surface area contributed by atoms with Crippen LogP contribution in [0.25, 0.3) is 0 Å². The van der Waals surface area contributed by atoms with Gasteiger partial charge in [-0.15, -0.1) is 11.3 Å². The van der Waals surface area contributed by atoms with Crippen LogP contribution in [0.3, 0.4) is 0 Å². The molecule has 0 spiro atoms. The standard InChI is InChI=1S/C13H20N2O2S/c1-3-9-7-15(5-4-11(9)14)13(16)12-6-10(17-2)8-18-12/h6,8-9,11H,3-5,7,14H2,1-2H3. The highest BCUT2D eigenvalue weighted by Crippen LogP contribution is 2.25. The minimum absolute atomic E-state index is 0.105. The molecule has 5 heteroatoms. The molecule has 2 unspecified atom stereocenters. The monoisotopic (exact) mass is 268 g/mol. The lowest BCUT2D eigenvalue weighted by molar-refractivity contribution is 0.0654. The van der Waals surface area contributed by atoms with E-state index in [1.807, 2.05) is 16.3 Å². The maximum atomic E-state index is 12.3. The Kier molecular flexibility index (Phi) is 4.24. The molecule has 2 atom stereocenters. The second-order valence-electron chi connectivity index (χ2n) is 4.72. The van der Waals surface area contributed by atoms with Gasteiger partial charge in [-0.1, -0.05) is 13.3 Å². The lowest BCUT2D eigenvalue weighted by Gasteiger charge is -2.36. The number of rotatable bonds is 3. The van der Waals surface area contributed by atoms with Gasteiger partial charge < -0.3 is 15.4 Å². The summed E-state index contributed by atoms with van der Waals surface area (Å²) in [7, 11) is 1.61. The van der Waals surface area contributed by atoms with Crippen LogP contribution in [0.1, 0.15) is 29.4 Å². The van der Waals surface area contributed by atoms with E-state index in [9.17, 15) is 4.79 Å². The van der Waals surface area contributed by atoms with Crippen LogP contribution < -0.4 is 10.5 Å². The Bertz CT molecular complexity index is 419. The number of hydrogen-bond acceptors (Lipinski definition) is 4. The van der Waals surface area contributed by atoms with Gasteiger partial charge in [0.05, 0.1) is 12.0 Å². The second-order valence-corrected chi connectivity index (χ2v) is 5.63. The Hall–Kier alpha value is -1.07. The number of carbonyl (C=O) groups excluding carboxylic acids is 1. The Morgan fingerprint density at radius 3 is 3.06 bits per heavy atom. The van der Waals surface area contributed by atoms with Gasteiger partial charge in [0.25, 0.3) is 5.91 Å². The van der Waals surface area contributed by atoms with Crippen molar-refractivity contribution in [3.8, 4) is 5.75 Å². The van der Waals surface area contributed by atoms with E-state index < -0.39 is 0 Å². The van der Waals surface area contributed by atoms with Crippen LogP contribution in [0.2, 0.25) is 0 Å². The van der Waals surface area contributed by atoms with E-state index in [2.05, 4.69) is 6.92 Å². The summed E-state index contributed by atoms with van der Waals surface area (Å²) in [5, 5.41) is 1.86. The predicted molar refractivity (Wildman–Crippen MR) is 73.1 cm³/mol. The number of nitrogens with two attached hydrogens (primary N) is 1. The van der Waals surface area contributed by atoms with Crippen molar-refractivity contribution in [3.63, 3.8) is 0 Å². The first-order chi connectivity index (χ1) is 8.65. The maximum Gasteiger partial charge on any atom is 0.264 e. The van der Waals surface area contributed by atoms with Crippen LogP contribution in [0.4, 0.5) is 0 Å².